The third-order valence-corrected chi connectivity index (χ3v) is 3.90. The van der Waals surface area contributed by atoms with Crippen LogP contribution in [0.4, 0.5) is 5.69 Å². The van der Waals surface area contributed by atoms with E-state index in [1.165, 1.54) is 12.1 Å². The van der Waals surface area contributed by atoms with Crippen LogP contribution in [0.3, 0.4) is 0 Å². The van der Waals surface area contributed by atoms with Gasteiger partial charge in [-0.1, -0.05) is 24.3 Å². The van der Waals surface area contributed by atoms with E-state index in [1.54, 1.807) is 6.07 Å². The minimum atomic E-state index is -0.415. The highest BCUT2D eigenvalue weighted by atomic mass is 16.6. The molecule has 0 aliphatic heterocycles. The molecule has 0 radical (unpaired) electrons. The Balaban J connectivity index is 1.92. The summed E-state index contributed by atoms with van der Waals surface area (Å²) in [6.07, 6.45) is 0. The third-order valence-electron chi connectivity index (χ3n) is 3.90. The van der Waals surface area contributed by atoms with Crippen molar-refractivity contribution in [3.63, 3.8) is 0 Å². The van der Waals surface area contributed by atoms with Crippen molar-refractivity contribution >= 4 is 27.6 Å². The van der Waals surface area contributed by atoms with Gasteiger partial charge in [-0.2, -0.15) is 0 Å². The molecule has 0 aliphatic carbocycles. The van der Waals surface area contributed by atoms with Gasteiger partial charge in [0, 0.05) is 24.6 Å². The van der Waals surface area contributed by atoms with Crippen LogP contribution in [-0.4, -0.2) is 19.5 Å². The highest BCUT2D eigenvalue weighted by Crippen LogP contribution is 2.26. The zero-order valence-corrected chi connectivity index (χ0v) is 12.3. The highest BCUT2D eigenvalue weighted by molar-refractivity contribution is 5.84. The Labute approximate surface area is 131 Å². The standard InChI is InChI=1S/C17H12N4O2/c1-20-16-9-7-12(21(22)23)10-15(16)19-17(20)14-8-6-11-4-2-3-5-13(11)18-14/h2-10H,1H3. The van der Waals surface area contributed by atoms with E-state index < -0.39 is 4.92 Å². The van der Waals surface area contributed by atoms with Crippen LogP contribution in [0.5, 0.6) is 0 Å². The Morgan fingerprint density at radius 3 is 2.65 bits per heavy atom. The van der Waals surface area contributed by atoms with Gasteiger partial charge in [0.25, 0.3) is 5.69 Å². The Bertz CT molecular complexity index is 1070. The van der Waals surface area contributed by atoms with Gasteiger partial charge in [-0.15, -0.1) is 0 Å². The second kappa shape index (κ2) is 4.88. The van der Waals surface area contributed by atoms with E-state index in [-0.39, 0.29) is 5.69 Å². The number of hydrogen-bond acceptors (Lipinski definition) is 4. The van der Waals surface area contributed by atoms with Gasteiger partial charge in [0.15, 0.2) is 5.82 Å². The van der Waals surface area contributed by atoms with E-state index >= 15 is 0 Å². The van der Waals surface area contributed by atoms with Crippen LogP contribution in [0, 0.1) is 10.1 Å². The fourth-order valence-electron chi connectivity index (χ4n) is 2.72. The maximum Gasteiger partial charge on any atom is 0.271 e. The monoisotopic (exact) mass is 304 g/mol. The molecule has 2 aromatic heterocycles. The summed E-state index contributed by atoms with van der Waals surface area (Å²) in [5.74, 6) is 0.686. The Morgan fingerprint density at radius 2 is 1.83 bits per heavy atom. The number of aryl methyl sites for hydroxylation is 1. The Hall–Kier alpha value is -3.28. The second-order valence-corrected chi connectivity index (χ2v) is 5.31. The largest absolute Gasteiger partial charge is 0.326 e. The van der Waals surface area contributed by atoms with E-state index in [9.17, 15) is 10.1 Å². The maximum absolute atomic E-state index is 10.9. The molecular weight excluding hydrogens is 292 g/mol. The fraction of sp³-hybridized carbons (Fsp3) is 0.0588. The summed E-state index contributed by atoms with van der Waals surface area (Å²) < 4.78 is 1.90. The first kappa shape index (κ1) is 13.4. The van der Waals surface area contributed by atoms with Crippen LogP contribution in [0.15, 0.2) is 54.6 Å². The molecule has 2 aromatic carbocycles. The summed E-state index contributed by atoms with van der Waals surface area (Å²) in [4.78, 5) is 19.7. The molecule has 0 aliphatic rings. The maximum atomic E-state index is 10.9. The normalized spacial score (nSPS) is 11.2. The molecule has 0 N–H and O–H groups in total. The van der Waals surface area contributed by atoms with Gasteiger partial charge >= 0.3 is 0 Å². The lowest BCUT2D eigenvalue weighted by atomic mass is 10.2. The SMILES string of the molecule is Cn1c(-c2ccc3ccccc3n2)nc2cc([N+](=O)[O-])ccc21. The third kappa shape index (κ3) is 2.12. The summed E-state index contributed by atoms with van der Waals surface area (Å²) in [5.41, 5.74) is 3.09. The van der Waals surface area contributed by atoms with Gasteiger partial charge in [0.1, 0.15) is 5.69 Å². The van der Waals surface area contributed by atoms with Crippen LogP contribution in [-0.2, 0) is 7.05 Å². The summed E-state index contributed by atoms with van der Waals surface area (Å²) in [5, 5.41) is 12.0. The van der Waals surface area contributed by atoms with Crippen molar-refractivity contribution in [1.29, 1.82) is 0 Å². The minimum absolute atomic E-state index is 0.0358. The Morgan fingerprint density at radius 1 is 1.00 bits per heavy atom. The van der Waals surface area contributed by atoms with Crippen LogP contribution in [0.1, 0.15) is 0 Å². The first-order valence-corrected chi connectivity index (χ1v) is 7.10. The Kier molecular flexibility index (Phi) is 2.84. The highest BCUT2D eigenvalue weighted by Gasteiger charge is 2.14. The number of para-hydroxylation sites is 1. The topological polar surface area (TPSA) is 73.8 Å². The smallest absolute Gasteiger partial charge is 0.271 e. The van der Waals surface area contributed by atoms with E-state index in [4.69, 9.17) is 0 Å². The molecular formula is C17H12N4O2. The minimum Gasteiger partial charge on any atom is -0.326 e. The van der Waals surface area contributed by atoms with Crippen LogP contribution >= 0.6 is 0 Å². The molecule has 4 aromatic rings. The van der Waals surface area contributed by atoms with Crippen molar-refractivity contribution in [2.45, 2.75) is 0 Å². The summed E-state index contributed by atoms with van der Waals surface area (Å²) in [6.45, 7) is 0. The van der Waals surface area contributed by atoms with Crippen molar-refractivity contribution in [3.8, 4) is 11.5 Å². The number of pyridine rings is 1. The number of hydrogen-bond donors (Lipinski definition) is 0. The molecule has 112 valence electrons. The lowest BCUT2D eigenvalue weighted by molar-refractivity contribution is -0.384. The molecule has 0 unspecified atom stereocenters. The van der Waals surface area contributed by atoms with Gasteiger partial charge < -0.3 is 4.57 Å². The van der Waals surface area contributed by atoms with E-state index in [1.807, 2.05) is 48.0 Å². The number of fused-ring (bicyclic) bond motifs is 2. The van der Waals surface area contributed by atoms with Crippen LogP contribution < -0.4 is 0 Å². The van der Waals surface area contributed by atoms with Crippen molar-refractivity contribution in [3.05, 3.63) is 64.7 Å². The van der Waals surface area contributed by atoms with Gasteiger partial charge in [0.2, 0.25) is 0 Å². The lowest BCUT2D eigenvalue weighted by Crippen LogP contribution is -1.95. The van der Waals surface area contributed by atoms with Crippen LogP contribution in [0.25, 0.3) is 33.5 Å². The molecule has 4 rings (SSSR count). The molecule has 0 saturated heterocycles. The first-order chi connectivity index (χ1) is 11.1. The molecule has 0 bridgehead atoms. The molecule has 6 heteroatoms. The van der Waals surface area contributed by atoms with Gasteiger partial charge in [-0.05, 0) is 18.2 Å². The van der Waals surface area contributed by atoms with E-state index in [2.05, 4.69) is 9.97 Å². The molecule has 0 saturated carbocycles. The number of nitrogens with zero attached hydrogens (tertiary/aromatic N) is 4. The van der Waals surface area contributed by atoms with Crippen molar-refractivity contribution in [1.82, 2.24) is 14.5 Å². The van der Waals surface area contributed by atoms with E-state index in [0.717, 1.165) is 22.1 Å². The predicted octanol–water partition coefficient (Wildman–Crippen LogP) is 3.70. The molecule has 2 heterocycles. The second-order valence-electron chi connectivity index (χ2n) is 5.31. The summed E-state index contributed by atoms with van der Waals surface area (Å²) >= 11 is 0. The lowest BCUT2D eigenvalue weighted by Gasteiger charge is -2.03. The number of nitro groups is 1. The number of nitro benzene ring substituents is 1. The molecule has 0 amide bonds. The van der Waals surface area contributed by atoms with Gasteiger partial charge in [-0.3, -0.25) is 10.1 Å². The molecule has 0 spiro atoms. The molecule has 6 nitrogen and oxygen atoms in total. The van der Waals surface area contributed by atoms with Gasteiger partial charge in [-0.25, -0.2) is 9.97 Å². The average Bonchev–Trinajstić information content (AvgIpc) is 2.91. The number of non-ortho nitro benzene ring substituents is 1. The number of aromatic nitrogens is 3. The first-order valence-electron chi connectivity index (χ1n) is 7.10. The van der Waals surface area contributed by atoms with Crippen LogP contribution in [0.2, 0.25) is 0 Å². The quantitative estimate of drug-likeness (QED) is 0.418. The molecule has 0 fully saturated rings. The van der Waals surface area contributed by atoms with Crippen molar-refractivity contribution < 1.29 is 4.92 Å². The van der Waals surface area contributed by atoms with Crippen molar-refractivity contribution in [2.24, 2.45) is 7.05 Å². The summed E-state index contributed by atoms with van der Waals surface area (Å²) in [7, 11) is 1.88. The zero-order valence-electron chi connectivity index (χ0n) is 12.3. The van der Waals surface area contributed by atoms with E-state index in [0.29, 0.717) is 11.3 Å². The predicted molar refractivity (Wildman–Crippen MR) is 88.1 cm³/mol. The number of imidazole rings is 1. The van der Waals surface area contributed by atoms with Crippen molar-refractivity contribution in [2.75, 3.05) is 0 Å². The number of rotatable bonds is 2. The van der Waals surface area contributed by atoms with Gasteiger partial charge in [0.05, 0.1) is 21.5 Å². The molecule has 23 heavy (non-hydrogen) atoms. The fourth-order valence-corrected chi connectivity index (χ4v) is 2.72. The molecule has 0 atom stereocenters. The average molecular weight is 304 g/mol. The zero-order chi connectivity index (χ0) is 16.0. The number of benzene rings is 2. The summed E-state index contributed by atoms with van der Waals surface area (Å²) in [6, 6.07) is 16.5.